The summed E-state index contributed by atoms with van der Waals surface area (Å²) in [7, 11) is 0. The summed E-state index contributed by atoms with van der Waals surface area (Å²) in [5.41, 5.74) is 0.775. The molecular weight excluding hydrogens is 222 g/mol. The zero-order valence-electron chi connectivity index (χ0n) is 10.3. The normalized spacial score (nSPS) is 12.6. The summed E-state index contributed by atoms with van der Waals surface area (Å²) >= 11 is 0. The van der Waals surface area contributed by atoms with E-state index in [0.717, 1.165) is 5.69 Å². The molecule has 0 spiro atoms. The van der Waals surface area contributed by atoms with Gasteiger partial charge in [0.15, 0.2) is 0 Å². The third-order valence-electron chi connectivity index (χ3n) is 1.89. The van der Waals surface area contributed by atoms with Gasteiger partial charge < -0.3 is 20.3 Å². The first-order chi connectivity index (χ1) is 8.01. The van der Waals surface area contributed by atoms with Gasteiger partial charge in [-0.2, -0.15) is 4.98 Å². The Bertz CT molecular complexity index is 358. The molecule has 0 radical (unpaired) electrons. The van der Waals surface area contributed by atoms with Crippen molar-refractivity contribution < 1.29 is 14.9 Å². The van der Waals surface area contributed by atoms with Gasteiger partial charge in [-0.3, -0.25) is 0 Å². The number of hydrogen-bond donors (Lipinski definition) is 3. The Labute approximate surface area is 101 Å². The van der Waals surface area contributed by atoms with Crippen LogP contribution in [-0.2, 0) is 0 Å². The standard InChI is InChI=1S/C11H19N3O3/c1-7(2)17-10-4-8(3)13-11(14-10)12-5-9(16)6-15/h4,7,9,15-16H,5-6H2,1-3H3,(H,12,13,14). The lowest BCUT2D eigenvalue weighted by molar-refractivity contribution is 0.105. The first-order valence-electron chi connectivity index (χ1n) is 5.56. The summed E-state index contributed by atoms with van der Waals surface area (Å²) in [5.74, 6) is 0.877. The molecular formula is C11H19N3O3. The molecule has 0 bridgehead atoms. The number of ether oxygens (including phenoxy) is 1. The van der Waals surface area contributed by atoms with E-state index in [1.54, 1.807) is 6.07 Å². The van der Waals surface area contributed by atoms with Gasteiger partial charge in [0.05, 0.1) is 18.8 Å². The number of aromatic nitrogens is 2. The molecule has 0 amide bonds. The molecule has 0 aromatic carbocycles. The van der Waals surface area contributed by atoms with E-state index in [2.05, 4.69) is 15.3 Å². The number of aliphatic hydroxyl groups is 2. The van der Waals surface area contributed by atoms with E-state index in [-0.39, 0.29) is 19.3 Å². The van der Waals surface area contributed by atoms with Crippen LogP contribution in [0, 0.1) is 6.92 Å². The van der Waals surface area contributed by atoms with Crippen molar-refractivity contribution in [1.82, 2.24) is 9.97 Å². The summed E-state index contributed by atoms with van der Waals surface area (Å²) in [6.07, 6.45) is -0.784. The fourth-order valence-corrected chi connectivity index (χ4v) is 1.19. The van der Waals surface area contributed by atoms with Crippen molar-refractivity contribution in [3.8, 4) is 5.88 Å². The molecule has 1 aromatic heterocycles. The Morgan fingerprint density at radius 2 is 2.12 bits per heavy atom. The fourth-order valence-electron chi connectivity index (χ4n) is 1.19. The molecule has 1 aromatic rings. The quantitative estimate of drug-likeness (QED) is 0.665. The van der Waals surface area contributed by atoms with E-state index in [0.29, 0.717) is 11.8 Å². The Kier molecular flexibility index (Phi) is 5.11. The maximum atomic E-state index is 9.20. The van der Waals surface area contributed by atoms with Crippen LogP contribution in [0.4, 0.5) is 5.95 Å². The monoisotopic (exact) mass is 241 g/mol. The lowest BCUT2D eigenvalue weighted by Gasteiger charge is -2.12. The van der Waals surface area contributed by atoms with Gasteiger partial charge >= 0.3 is 0 Å². The van der Waals surface area contributed by atoms with Crippen molar-refractivity contribution >= 4 is 5.95 Å². The predicted molar refractivity (Wildman–Crippen MR) is 64.1 cm³/mol. The van der Waals surface area contributed by atoms with Gasteiger partial charge in [-0.1, -0.05) is 0 Å². The van der Waals surface area contributed by atoms with Crippen LogP contribution < -0.4 is 10.1 Å². The zero-order valence-corrected chi connectivity index (χ0v) is 10.3. The van der Waals surface area contributed by atoms with E-state index in [9.17, 15) is 5.11 Å². The SMILES string of the molecule is Cc1cc(OC(C)C)nc(NCC(O)CO)n1. The average Bonchev–Trinajstić information content (AvgIpc) is 2.24. The highest BCUT2D eigenvalue weighted by atomic mass is 16.5. The topological polar surface area (TPSA) is 87.5 Å². The number of hydrogen-bond acceptors (Lipinski definition) is 6. The van der Waals surface area contributed by atoms with Gasteiger partial charge in [0.2, 0.25) is 11.8 Å². The van der Waals surface area contributed by atoms with Crippen LogP contribution in [0.25, 0.3) is 0 Å². The number of aliphatic hydroxyl groups excluding tert-OH is 2. The first-order valence-corrected chi connectivity index (χ1v) is 5.56. The molecule has 17 heavy (non-hydrogen) atoms. The Morgan fingerprint density at radius 3 is 2.71 bits per heavy atom. The highest BCUT2D eigenvalue weighted by molar-refractivity contribution is 5.30. The lowest BCUT2D eigenvalue weighted by Crippen LogP contribution is -2.24. The first kappa shape index (κ1) is 13.7. The molecule has 0 saturated carbocycles. The van der Waals surface area contributed by atoms with Crippen molar-refractivity contribution in [2.75, 3.05) is 18.5 Å². The number of anilines is 1. The smallest absolute Gasteiger partial charge is 0.226 e. The second kappa shape index (κ2) is 6.36. The molecule has 1 unspecified atom stereocenters. The number of rotatable bonds is 6. The van der Waals surface area contributed by atoms with E-state index in [4.69, 9.17) is 9.84 Å². The van der Waals surface area contributed by atoms with Crippen molar-refractivity contribution in [1.29, 1.82) is 0 Å². The van der Waals surface area contributed by atoms with Gasteiger partial charge in [0.1, 0.15) is 0 Å². The maximum Gasteiger partial charge on any atom is 0.226 e. The number of nitrogens with one attached hydrogen (secondary N) is 1. The molecule has 0 saturated heterocycles. The molecule has 6 heteroatoms. The van der Waals surface area contributed by atoms with Gasteiger partial charge in [0, 0.05) is 18.3 Å². The van der Waals surface area contributed by atoms with Crippen molar-refractivity contribution in [3.63, 3.8) is 0 Å². The molecule has 1 heterocycles. The Hall–Kier alpha value is -1.40. The molecule has 1 rings (SSSR count). The van der Waals surface area contributed by atoms with E-state index in [1.165, 1.54) is 0 Å². The van der Waals surface area contributed by atoms with Crippen molar-refractivity contribution in [3.05, 3.63) is 11.8 Å². The summed E-state index contributed by atoms with van der Waals surface area (Å²) in [5, 5.41) is 20.7. The molecule has 6 nitrogen and oxygen atoms in total. The van der Waals surface area contributed by atoms with E-state index < -0.39 is 6.10 Å². The van der Waals surface area contributed by atoms with Crippen molar-refractivity contribution in [2.45, 2.75) is 33.0 Å². The highest BCUT2D eigenvalue weighted by Crippen LogP contribution is 2.13. The van der Waals surface area contributed by atoms with Gasteiger partial charge in [-0.25, -0.2) is 4.98 Å². The van der Waals surface area contributed by atoms with Crippen LogP contribution in [0.1, 0.15) is 19.5 Å². The van der Waals surface area contributed by atoms with E-state index >= 15 is 0 Å². The van der Waals surface area contributed by atoms with E-state index in [1.807, 2.05) is 20.8 Å². The largest absolute Gasteiger partial charge is 0.475 e. The number of aryl methyl sites for hydroxylation is 1. The minimum Gasteiger partial charge on any atom is -0.475 e. The average molecular weight is 241 g/mol. The third kappa shape index (κ3) is 4.97. The van der Waals surface area contributed by atoms with Crippen LogP contribution in [-0.4, -0.2) is 45.5 Å². The Balaban J connectivity index is 2.68. The van der Waals surface area contributed by atoms with Crippen molar-refractivity contribution in [2.24, 2.45) is 0 Å². The fraction of sp³-hybridized carbons (Fsp3) is 0.636. The zero-order chi connectivity index (χ0) is 12.8. The highest BCUT2D eigenvalue weighted by Gasteiger charge is 2.07. The maximum absolute atomic E-state index is 9.20. The molecule has 0 aliphatic rings. The summed E-state index contributed by atoms with van der Waals surface area (Å²) < 4.78 is 5.47. The van der Waals surface area contributed by atoms with Crippen LogP contribution in [0.2, 0.25) is 0 Å². The molecule has 3 N–H and O–H groups in total. The second-order valence-electron chi connectivity index (χ2n) is 4.06. The molecule has 0 aliphatic heterocycles. The second-order valence-corrected chi connectivity index (χ2v) is 4.06. The van der Waals surface area contributed by atoms with Crippen LogP contribution in [0.3, 0.4) is 0 Å². The summed E-state index contributed by atoms with van der Waals surface area (Å²) in [4.78, 5) is 8.30. The predicted octanol–water partition coefficient (Wildman–Crippen LogP) is 0.337. The lowest BCUT2D eigenvalue weighted by atomic mass is 10.4. The third-order valence-corrected chi connectivity index (χ3v) is 1.89. The van der Waals surface area contributed by atoms with Crippen LogP contribution >= 0.6 is 0 Å². The molecule has 0 fully saturated rings. The summed E-state index contributed by atoms with van der Waals surface area (Å²) in [6, 6.07) is 1.74. The number of nitrogens with zero attached hydrogens (tertiary/aromatic N) is 2. The Morgan fingerprint density at radius 1 is 1.41 bits per heavy atom. The minimum atomic E-state index is -0.825. The van der Waals surface area contributed by atoms with Gasteiger partial charge in [-0.05, 0) is 20.8 Å². The van der Waals surface area contributed by atoms with Crippen LogP contribution in [0.5, 0.6) is 5.88 Å². The summed E-state index contributed by atoms with van der Waals surface area (Å²) in [6.45, 7) is 5.57. The molecule has 0 aliphatic carbocycles. The van der Waals surface area contributed by atoms with Crippen LogP contribution in [0.15, 0.2) is 6.07 Å². The molecule has 96 valence electrons. The van der Waals surface area contributed by atoms with Gasteiger partial charge in [-0.15, -0.1) is 0 Å². The van der Waals surface area contributed by atoms with Gasteiger partial charge in [0.25, 0.3) is 0 Å². The minimum absolute atomic E-state index is 0.0418. The molecule has 1 atom stereocenters.